The van der Waals surface area contributed by atoms with Crippen LogP contribution in [0.1, 0.15) is 5.56 Å². The van der Waals surface area contributed by atoms with Gasteiger partial charge in [0.2, 0.25) is 5.95 Å². The van der Waals surface area contributed by atoms with Crippen LogP contribution in [0.15, 0.2) is 42.5 Å². The van der Waals surface area contributed by atoms with Gasteiger partial charge in [-0.05, 0) is 29.8 Å². The molecule has 3 aromatic rings. The third-order valence-corrected chi connectivity index (χ3v) is 3.37. The molecule has 5 heteroatoms. The first-order chi connectivity index (χ1) is 10.2. The van der Waals surface area contributed by atoms with Crippen molar-refractivity contribution in [3.8, 4) is 17.5 Å². The van der Waals surface area contributed by atoms with Gasteiger partial charge in [0.25, 0.3) is 0 Å². The van der Waals surface area contributed by atoms with E-state index in [0.29, 0.717) is 18.1 Å². The highest BCUT2D eigenvalue weighted by molar-refractivity contribution is 5.86. The summed E-state index contributed by atoms with van der Waals surface area (Å²) in [5.41, 5.74) is 9.55. The Kier molecular flexibility index (Phi) is 3.20. The molecule has 0 fully saturated rings. The molecule has 0 amide bonds. The Morgan fingerprint density at radius 3 is 2.67 bits per heavy atom. The van der Waals surface area contributed by atoms with Gasteiger partial charge in [-0.25, -0.2) is 4.98 Å². The molecule has 2 N–H and O–H groups in total. The topological polar surface area (TPSA) is 76.9 Å². The van der Waals surface area contributed by atoms with E-state index in [9.17, 15) is 0 Å². The number of hydrogen-bond donors (Lipinski definition) is 1. The van der Waals surface area contributed by atoms with Crippen molar-refractivity contribution in [2.24, 2.45) is 0 Å². The predicted octanol–water partition coefficient (Wildman–Crippen LogP) is 2.68. The molecule has 21 heavy (non-hydrogen) atoms. The molecule has 3 rings (SSSR count). The normalized spacial score (nSPS) is 10.5. The number of imidazole rings is 1. The van der Waals surface area contributed by atoms with Crippen molar-refractivity contribution in [3.05, 3.63) is 48.0 Å². The molecule has 0 saturated heterocycles. The van der Waals surface area contributed by atoms with Gasteiger partial charge in [0, 0.05) is 5.69 Å². The van der Waals surface area contributed by atoms with Gasteiger partial charge in [0.1, 0.15) is 11.3 Å². The molecule has 0 spiro atoms. The van der Waals surface area contributed by atoms with Crippen LogP contribution in [0.2, 0.25) is 0 Å². The lowest BCUT2D eigenvalue weighted by atomic mass is 10.1. The highest BCUT2D eigenvalue weighted by atomic mass is 16.5. The van der Waals surface area contributed by atoms with Crippen molar-refractivity contribution >= 4 is 17.0 Å². The zero-order valence-electron chi connectivity index (χ0n) is 11.6. The number of benzene rings is 2. The highest BCUT2D eigenvalue weighted by Gasteiger charge is 2.13. The first-order valence-corrected chi connectivity index (χ1v) is 6.52. The van der Waals surface area contributed by atoms with Gasteiger partial charge in [0.05, 0.1) is 25.1 Å². The van der Waals surface area contributed by atoms with Crippen LogP contribution >= 0.6 is 0 Å². The fourth-order valence-electron chi connectivity index (χ4n) is 2.38. The minimum atomic E-state index is 0.397. The molecule has 0 aliphatic carbocycles. The van der Waals surface area contributed by atoms with Crippen molar-refractivity contribution in [2.75, 3.05) is 12.8 Å². The van der Waals surface area contributed by atoms with Crippen molar-refractivity contribution in [1.82, 2.24) is 9.55 Å². The monoisotopic (exact) mass is 278 g/mol. The molecule has 0 aliphatic heterocycles. The number of methoxy groups -OCH3 is 1. The predicted molar refractivity (Wildman–Crippen MR) is 81.4 cm³/mol. The van der Waals surface area contributed by atoms with E-state index < -0.39 is 0 Å². The SMILES string of the molecule is COc1cccc2c1nc(N)n2-c1ccc(CC#N)cc1. The number of para-hydroxylation sites is 1. The maximum absolute atomic E-state index is 8.72. The average molecular weight is 278 g/mol. The van der Waals surface area contributed by atoms with E-state index in [1.165, 1.54) is 0 Å². The number of nitrogen functional groups attached to an aromatic ring is 1. The zero-order chi connectivity index (χ0) is 14.8. The number of nitrogens with two attached hydrogens (primary N) is 1. The molecule has 2 aromatic carbocycles. The van der Waals surface area contributed by atoms with Crippen molar-refractivity contribution in [2.45, 2.75) is 6.42 Å². The smallest absolute Gasteiger partial charge is 0.206 e. The second kappa shape index (κ2) is 5.17. The third-order valence-electron chi connectivity index (χ3n) is 3.37. The average Bonchev–Trinajstić information content (AvgIpc) is 2.84. The maximum Gasteiger partial charge on any atom is 0.206 e. The summed E-state index contributed by atoms with van der Waals surface area (Å²) in [5.74, 6) is 1.10. The standard InChI is InChI=1S/C16H14N4O/c1-21-14-4-2-3-13-15(14)19-16(18)20(13)12-7-5-11(6-8-12)9-10-17/h2-8H,9H2,1H3,(H2,18,19). The Labute approximate surface area is 122 Å². The molecule has 0 aliphatic rings. The summed E-state index contributed by atoms with van der Waals surface area (Å²) >= 11 is 0. The number of ether oxygens (including phenoxy) is 1. The number of hydrogen-bond acceptors (Lipinski definition) is 4. The van der Waals surface area contributed by atoms with Crippen LogP contribution in [-0.4, -0.2) is 16.7 Å². The summed E-state index contributed by atoms with van der Waals surface area (Å²) in [6.07, 6.45) is 0.397. The Morgan fingerprint density at radius 1 is 1.24 bits per heavy atom. The number of fused-ring (bicyclic) bond motifs is 1. The third kappa shape index (κ3) is 2.17. The van der Waals surface area contributed by atoms with Crippen LogP contribution < -0.4 is 10.5 Å². The van der Waals surface area contributed by atoms with Crippen molar-refractivity contribution in [3.63, 3.8) is 0 Å². The summed E-state index contributed by atoms with van der Waals surface area (Å²) in [6, 6.07) is 15.6. The van der Waals surface area contributed by atoms with E-state index in [-0.39, 0.29) is 0 Å². The maximum atomic E-state index is 8.72. The molecule has 0 bridgehead atoms. The Morgan fingerprint density at radius 2 is 2.00 bits per heavy atom. The number of nitrogens with zero attached hydrogens (tertiary/aromatic N) is 3. The van der Waals surface area contributed by atoms with Crippen LogP contribution in [-0.2, 0) is 6.42 Å². The Balaban J connectivity index is 2.16. The molecule has 104 valence electrons. The molecule has 0 radical (unpaired) electrons. The quantitative estimate of drug-likeness (QED) is 0.799. The number of aromatic nitrogens is 2. The van der Waals surface area contributed by atoms with Gasteiger partial charge in [-0.15, -0.1) is 0 Å². The highest BCUT2D eigenvalue weighted by Crippen LogP contribution is 2.29. The molecule has 0 saturated carbocycles. The van der Waals surface area contributed by atoms with Gasteiger partial charge in [-0.1, -0.05) is 18.2 Å². The molecule has 5 nitrogen and oxygen atoms in total. The number of anilines is 1. The Bertz CT molecular complexity index is 828. The van der Waals surface area contributed by atoms with Gasteiger partial charge in [0.15, 0.2) is 0 Å². The summed E-state index contributed by atoms with van der Waals surface area (Å²) in [6.45, 7) is 0. The molecular weight excluding hydrogens is 264 g/mol. The second-order valence-electron chi connectivity index (χ2n) is 4.63. The van der Waals surface area contributed by atoms with E-state index in [1.807, 2.05) is 47.0 Å². The Hall–Kier alpha value is -3.00. The minimum absolute atomic E-state index is 0.397. The van der Waals surface area contributed by atoms with Crippen molar-refractivity contribution in [1.29, 1.82) is 5.26 Å². The van der Waals surface area contributed by atoms with E-state index in [1.54, 1.807) is 7.11 Å². The fourth-order valence-corrected chi connectivity index (χ4v) is 2.38. The van der Waals surface area contributed by atoms with Crippen LogP contribution in [0.3, 0.4) is 0 Å². The largest absolute Gasteiger partial charge is 0.494 e. The molecule has 0 atom stereocenters. The van der Waals surface area contributed by atoms with Crippen LogP contribution in [0, 0.1) is 11.3 Å². The van der Waals surface area contributed by atoms with E-state index in [4.69, 9.17) is 15.7 Å². The van der Waals surface area contributed by atoms with Crippen LogP contribution in [0.4, 0.5) is 5.95 Å². The molecule has 0 unspecified atom stereocenters. The van der Waals surface area contributed by atoms with Gasteiger partial charge >= 0.3 is 0 Å². The van der Waals surface area contributed by atoms with Crippen LogP contribution in [0.25, 0.3) is 16.7 Å². The lowest BCUT2D eigenvalue weighted by Gasteiger charge is -2.07. The van der Waals surface area contributed by atoms with Gasteiger partial charge in [-0.2, -0.15) is 5.26 Å². The minimum Gasteiger partial charge on any atom is -0.494 e. The summed E-state index contributed by atoms with van der Waals surface area (Å²) in [4.78, 5) is 4.38. The fraction of sp³-hybridized carbons (Fsp3) is 0.125. The molecular formula is C16H14N4O. The molecule has 1 aromatic heterocycles. The summed E-state index contributed by atoms with van der Waals surface area (Å²) in [5, 5.41) is 8.72. The summed E-state index contributed by atoms with van der Waals surface area (Å²) < 4.78 is 7.18. The van der Waals surface area contributed by atoms with E-state index in [0.717, 1.165) is 22.3 Å². The second-order valence-corrected chi connectivity index (χ2v) is 4.63. The van der Waals surface area contributed by atoms with E-state index >= 15 is 0 Å². The van der Waals surface area contributed by atoms with Gasteiger partial charge in [-0.3, -0.25) is 4.57 Å². The number of nitriles is 1. The molecule has 1 heterocycles. The zero-order valence-corrected chi connectivity index (χ0v) is 11.6. The van der Waals surface area contributed by atoms with Gasteiger partial charge < -0.3 is 10.5 Å². The van der Waals surface area contributed by atoms with Crippen molar-refractivity contribution < 1.29 is 4.74 Å². The lowest BCUT2D eigenvalue weighted by molar-refractivity contribution is 0.419. The first kappa shape index (κ1) is 13.0. The van der Waals surface area contributed by atoms with E-state index in [2.05, 4.69) is 11.1 Å². The summed E-state index contributed by atoms with van der Waals surface area (Å²) in [7, 11) is 1.61. The number of rotatable bonds is 3. The lowest BCUT2D eigenvalue weighted by Crippen LogP contribution is -2.00. The first-order valence-electron chi connectivity index (χ1n) is 6.52. The van der Waals surface area contributed by atoms with Crippen LogP contribution in [0.5, 0.6) is 5.75 Å².